The van der Waals surface area contributed by atoms with E-state index in [0.717, 1.165) is 30.2 Å². The minimum Gasteiger partial charge on any atom is -0.444 e. The van der Waals surface area contributed by atoms with Crippen molar-refractivity contribution >= 4 is 33.3 Å². The SMILES string of the molecule is O=C(Nc1ccc(-c2ccc(N3CCCC3)nn2)cc1)c1ccc(Br)o1. The Morgan fingerprint density at radius 2 is 1.77 bits per heavy atom. The highest BCUT2D eigenvalue weighted by Crippen LogP contribution is 2.23. The Balaban J connectivity index is 1.44. The van der Waals surface area contributed by atoms with Crippen LogP contribution < -0.4 is 10.2 Å². The predicted octanol–water partition coefficient (Wildman–Crippen LogP) is 4.35. The fraction of sp³-hybridized carbons (Fsp3) is 0.211. The van der Waals surface area contributed by atoms with Crippen molar-refractivity contribution in [3.63, 3.8) is 0 Å². The van der Waals surface area contributed by atoms with Crippen LogP contribution in [0.2, 0.25) is 0 Å². The molecule has 0 aliphatic carbocycles. The number of rotatable bonds is 4. The summed E-state index contributed by atoms with van der Waals surface area (Å²) in [6, 6.07) is 14.8. The Morgan fingerprint density at radius 3 is 2.38 bits per heavy atom. The van der Waals surface area contributed by atoms with E-state index >= 15 is 0 Å². The second-order valence-corrected chi connectivity index (χ2v) is 6.89. The second kappa shape index (κ2) is 7.29. The van der Waals surface area contributed by atoms with Crippen LogP contribution in [0.3, 0.4) is 0 Å². The molecule has 0 atom stereocenters. The van der Waals surface area contributed by atoms with Crippen LogP contribution >= 0.6 is 15.9 Å². The predicted molar refractivity (Wildman–Crippen MR) is 103 cm³/mol. The molecule has 2 aromatic heterocycles. The highest BCUT2D eigenvalue weighted by molar-refractivity contribution is 9.10. The Kier molecular flexibility index (Phi) is 4.71. The van der Waals surface area contributed by atoms with Gasteiger partial charge in [-0.3, -0.25) is 4.79 Å². The maximum atomic E-state index is 12.1. The molecule has 1 saturated heterocycles. The molecule has 1 aliphatic heterocycles. The van der Waals surface area contributed by atoms with Gasteiger partial charge in [-0.2, -0.15) is 0 Å². The van der Waals surface area contributed by atoms with E-state index in [9.17, 15) is 4.79 Å². The van der Waals surface area contributed by atoms with Crippen LogP contribution in [0.15, 0.2) is 57.6 Å². The normalized spacial score (nSPS) is 13.8. The molecular weight excluding hydrogens is 396 g/mol. The van der Waals surface area contributed by atoms with Gasteiger partial charge in [0.1, 0.15) is 0 Å². The number of carbonyl (C=O) groups excluding carboxylic acids is 1. The summed E-state index contributed by atoms with van der Waals surface area (Å²) in [7, 11) is 0. The number of carbonyl (C=O) groups is 1. The largest absolute Gasteiger partial charge is 0.444 e. The minimum atomic E-state index is -0.293. The Morgan fingerprint density at radius 1 is 1.00 bits per heavy atom. The molecular formula is C19H17BrN4O2. The van der Waals surface area contributed by atoms with E-state index in [2.05, 4.69) is 36.3 Å². The van der Waals surface area contributed by atoms with Gasteiger partial charge in [0.05, 0.1) is 5.69 Å². The molecule has 3 heterocycles. The number of hydrogen-bond donors (Lipinski definition) is 1. The summed E-state index contributed by atoms with van der Waals surface area (Å²) in [5, 5.41) is 11.5. The van der Waals surface area contributed by atoms with Crippen LogP contribution in [0.4, 0.5) is 11.5 Å². The van der Waals surface area contributed by atoms with Gasteiger partial charge in [-0.05, 0) is 65.2 Å². The lowest BCUT2D eigenvalue weighted by molar-refractivity contribution is 0.0995. The van der Waals surface area contributed by atoms with Gasteiger partial charge in [-0.25, -0.2) is 0 Å². The molecule has 0 saturated carbocycles. The standard InChI is InChI=1S/C19H17BrN4O2/c20-17-9-8-16(26-17)19(25)21-14-5-3-13(4-6-14)15-7-10-18(23-22-15)24-11-1-2-12-24/h3-10H,1-2,11-12H2,(H,21,25). The van der Waals surface area contributed by atoms with Crippen LogP contribution in [-0.2, 0) is 0 Å². The number of aromatic nitrogens is 2. The summed E-state index contributed by atoms with van der Waals surface area (Å²) in [5.74, 6) is 0.891. The summed E-state index contributed by atoms with van der Waals surface area (Å²) in [4.78, 5) is 14.3. The molecule has 1 amide bonds. The van der Waals surface area contributed by atoms with Crippen molar-refractivity contribution < 1.29 is 9.21 Å². The number of furan rings is 1. The Bertz CT molecular complexity index is 900. The van der Waals surface area contributed by atoms with Crippen LogP contribution in [0.1, 0.15) is 23.4 Å². The Hall–Kier alpha value is -2.67. The van der Waals surface area contributed by atoms with Gasteiger partial charge >= 0.3 is 0 Å². The van der Waals surface area contributed by atoms with E-state index in [1.807, 2.05) is 36.4 Å². The maximum Gasteiger partial charge on any atom is 0.291 e. The van der Waals surface area contributed by atoms with Gasteiger partial charge in [0, 0.05) is 24.3 Å². The number of nitrogens with one attached hydrogen (secondary N) is 1. The van der Waals surface area contributed by atoms with Crippen molar-refractivity contribution in [3.8, 4) is 11.3 Å². The highest BCUT2D eigenvalue weighted by atomic mass is 79.9. The third kappa shape index (κ3) is 3.62. The lowest BCUT2D eigenvalue weighted by atomic mass is 10.1. The van der Waals surface area contributed by atoms with Crippen molar-refractivity contribution in [3.05, 3.63) is 59.0 Å². The third-order valence-corrected chi connectivity index (χ3v) is 4.74. The van der Waals surface area contributed by atoms with E-state index in [1.165, 1.54) is 12.8 Å². The number of amides is 1. The lowest BCUT2D eigenvalue weighted by Gasteiger charge is -2.15. The summed E-state index contributed by atoms with van der Waals surface area (Å²) >= 11 is 3.19. The lowest BCUT2D eigenvalue weighted by Crippen LogP contribution is -2.19. The van der Waals surface area contributed by atoms with Crippen LogP contribution in [0.25, 0.3) is 11.3 Å². The zero-order chi connectivity index (χ0) is 17.9. The fourth-order valence-electron chi connectivity index (χ4n) is 2.95. The van der Waals surface area contributed by atoms with Crippen molar-refractivity contribution in [2.24, 2.45) is 0 Å². The second-order valence-electron chi connectivity index (χ2n) is 6.11. The maximum absolute atomic E-state index is 12.1. The molecule has 0 bridgehead atoms. The van der Waals surface area contributed by atoms with E-state index in [0.29, 0.717) is 10.4 Å². The van der Waals surface area contributed by atoms with Crippen molar-refractivity contribution in [1.82, 2.24) is 10.2 Å². The molecule has 26 heavy (non-hydrogen) atoms. The molecule has 4 rings (SSSR count). The molecule has 6 nitrogen and oxygen atoms in total. The zero-order valence-corrected chi connectivity index (χ0v) is 15.6. The van der Waals surface area contributed by atoms with Gasteiger partial charge in [0.2, 0.25) is 0 Å². The third-order valence-electron chi connectivity index (χ3n) is 4.32. The first kappa shape index (κ1) is 16.8. The first-order valence-corrected chi connectivity index (χ1v) is 9.24. The average Bonchev–Trinajstić information content (AvgIpc) is 3.34. The van der Waals surface area contributed by atoms with Gasteiger partial charge in [-0.1, -0.05) is 12.1 Å². The van der Waals surface area contributed by atoms with Crippen LogP contribution in [0, 0.1) is 0 Å². The zero-order valence-electron chi connectivity index (χ0n) is 14.0. The number of hydrogen-bond acceptors (Lipinski definition) is 5. The van der Waals surface area contributed by atoms with Crippen molar-refractivity contribution in [1.29, 1.82) is 0 Å². The monoisotopic (exact) mass is 412 g/mol. The summed E-state index contributed by atoms with van der Waals surface area (Å²) in [6.07, 6.45) is 2.43. The molecule has 1 aromatic carbocycles. The number of benzene rings is 1. The first-order valence-electron chi connectivity index (χ1n) is 8.45. The molecule has 0 spiro atoms. The molecule has 0 unspecified atom stereocenters. The molecule has 132 valence electrons. The van der Waals surface area contributed by atoms with E-state index < -0.39 is 0 Å². The van der Waals surface area contributed by atoms with Crippen LogP contribution in [-0.4, -0.2) is 29.2 Å². The first-order chi connectivity index (χ1) is 12.7. The quantitative estimate of drug-likeness (QED) is 0.689. The smallest absolute Gasteiger partial charge is 0.291 e. The van der Waals surface area contributed by atoms with E-state index in [4.69, 9.17) is 4.42 Å². The average molecular weight is 413 g/mol. The van der Waals surface area contributed by atoms with Gasteiger partial charge < -0.3 is 14.6 Å². The van der Waals surface area contributed by atoms with Gasteiger partial charge in [-0.15, -0.1) is 10.2 Å². The van der Waals surface area contributed by atoms with Crippen molar-refractivity contribution in [2.45, 2.75) is 12.8 Å². The number of nitrogens with zero attached hydrogens (tertiary/aromatic N) is 3. The molecule has 1 fully saturated rings. The summed E-state index contributed by atoms with van der Waals surface area (Å²) in [6.45, 7) is 2.10. The molecule has 7 heteroatoms. The highest BCUT2D eigenvalue weighted by Gasteiger charge is 2.14. The number of anilines is 2. The van der Waals surface area contributed by atoms with Crippen molar-refractivity contribution in [2.75, 3.05) is 23.3 Å². The summed E-state index contributed by atoms with van der Waals surface area (Å²) in [5.41, 5.74) is 2.44. The minimum absolute atomic E-state index is 0.254. The Labute approximate surface area is 159 Å². The molecule has 1 aliphatic rings. The molecule has 1 N–H and O–H groups in total. The van der Waals surface area contributed by atoms with Gasteiger partial charge in [0.15, 0.2) is 16.2 Å². The topological polar surface area (TPSA) is 71.3 Å². The molecule has 3 aromatic rings. The van der Waals surface area contributed by atoms with Crippen LogP contribution in [0.5, 0.6) is 0 Å². The molecule has 0 radical (unpaired) electrons. The van der Waals surface area contributed by atoms with E-state index in [-0.39, 0.29) is 11.7 Å². The van der Waals surface area contributed by atoms with Gasteiger partial charge in [0.25, 0.3) is 5.91 Å². The van der Waals surface area contributed by atoms with E-state index in [1.54, 1.807) is 12.1 Å². The number of halogens is 1. The fourth-order valence-corrected chi connectivity index (χ4v) is 3.25. The summed E-state index contributed by atoms with van der Waals surface area (Å²) < 4.78 is 5.77.